The van der Waals surface area contributed by atoms with Crippen molar-refractivity contribution in [1.82, 2.24) is 0 Å². The molecule has 0 aliphatic carbocycles. The third kappa shape index (κ3) is 28.7. The summed E-state index contributed by atoms with van der Waals surface area (Å²) < 4.78 is 33.5. The van der Waals surface area contributed by atoms with Crippen LogP contribution < -0.4 is 0 Å². The lowest BCUT2D eigenvalue weighted by Crippen LogP contribution is -2.61. The molecule has 0 bridgehead atoms. The van der Waals surface area contributed by atoms with E-state index in [2.05, 4.69) is 62.5 Å². The predicted octanol–water partition coefficient (Wildman–Crippen LogP) is 7.66. The second-order valence-corrected chi connectivity index (χ2v) is 18.4. The number of allylic oxidation sites excluding steroid dienone is 10. The average Bonchev–Trinajstić information content (AvgIpc) is 3.34. The van der Waals surface area contributed by atoms with Gasteiger partial charge in [-0.25, -0.2) is 0 Å². The number of rotatable bonds is 40. The van der Waals surface area contributed by atoms with Crippen LogP contribution in [0.25, 0.3) is 0 Å². The van der Waals surface area contributed by atoms with Crippen LogP contribution in [0.3, 0.4) is 0 Å². The van der Waals surface area contributed by atoms with Crippen LogP contribution in [0.4, 0.5) is 0 Å². The second kappa shape index (κ2) is 40.8. The highest BCUT2D eigenvalue weighted by Crippen LogP contribution is 2.26. The van der Waals surface area contributed by atoms with Crippen molar-refractivity contribution in [2.24, 2.45) is 0 Å². The molecule has 0 saturated carbocycles. The Morgan fingerprint density at radius 1 is 0.464 bits per heavy atom. The lowest BCUT2D eigenvalue weighted by molar-refractivity contribution is -0.332. The maximum Gasteiger partial charge on any atom is 0.306 e. The summed E-state index contributed by atoms with van der Waals surface area (Å²) in [5.74, 6) is -1.02. The molecule has 2 aliphatic heterocycles. The van der Waals surface area contributed by atoms with E-state index < -0.39 is 99.3 Å². The molecule has 69 heavy (non-hydrogen) atoms. The zero-order chi connectivity index (χ0) is 50.3. The lowest BCUT2D eigenvalue weighted by Gasteiger charge is -2.42. The summed E-state index contributed by atoms with van der Waals surface area (Å²) in [5.41, 5.74) is 0. The van der Waals surface area contributed by atoms with Gasteiger partial charge in [-0.15, -0.1) is 0 Å². The third-order valence-electron chi connectivity index (χ3n) is 12.3. The third-order valence-corrected chi connectivity index (χ3v) is 12.3. The van der Waals surface area contributed by atoms with E-state index in [4.69, 9.17) is 28.4 Å². The van der Waals surface area contributed by atoms with E-state index in [1.165, 1.54) is 83.5 Å². The van der Waals surface area contributed by atoms with E-state index in [0.717, 1.165) is 51.4 Å². The van der Waals surface area contributed by atoms with Crippen LogP contribution >= 0.6 is 0 Å². The molecule has 2 saturated heterocycles. The van der Waals surface area contributed by atoms with Gasteiger partial charge in [0.15, 0.2) is 18.7 Å². The Balaban J connectivity index is 1.83. The van der Waals surface area contributed by atoms with E-state index in [1.54, 1.807) is 0 Å². The summed E-state index contributed by atoms with van der Waals surface area (Å²) in [7, 11) is 0. The van der Waals surface area contributed by atoms with Crippen molar-refractivity contribution in [3.63, 3.8) is 0 Å². The number of hydrogen-bond donors (Lipinski definition) is 7. The van der Waals surface area contributed by atoms with Gasteiger partial charge < -0.3 is 64.2 Å². The van der Waals surface area contributed by atoms with Gasteiger partial charge in [-0.05, 0) is 51.4 Å². The topological polar surface area (TPSA) is 231 Å². The minimum atomic E-state index is -1.78. The zero-order valence-electron chi connectivity index (χ0n) is 42.0. The Bertz CT molecular complexity index is 1430. The number of unbranched alkanes of at least 4 members (excludes halogenated alkanes) is 16. The van der Waals surface area contributed by atoms with Crippen molar-refractivity contribution in [2.45, 2.75) is 242 Å². The number of ether oxygens (including phenoxy) is 6. The van der Waals surface area contributed by atoms with Gasteiger partial charge in [0.25, 0.3) is 0 Å². The van der Waals surface area contributed by atoms with Crippen molar-refractivity contribution in [2.75, 3.05) is 26.4 Å². The zero-order valence-corrected chi connectivity index (χ0v) is 42.0. The molecule has 2 heterocycles. The molecular formula is C54H92O15. The van der Waals surface area contributed by atoms with Crippen LogP contribution in [0.2, 0.25) is 0 Å². The molecule has 0 spiro atoms. The van der Waals surface area contributed by atoms with Gasteiger partial charge >= 0.3 is 11.9 Å². The number of hydrogen-bond acceptors (Lipinski definition) is 15. The van der Waals surface area contributed by atoms with E-state index >= 15 is 0 Å². The van der Waals surface area contributed by atoms with Crippen molar-refractivity contribution >= 4 is 11.9 Å². The fraction of sp³-hybridized carbons (Fsp3) is 0.778. The number of aliphatic hydroxyl groups is 7. The number of carbonyl (C=O) groups is 2. The van der Waals surface area contributed by atoms with Gasteiger partial charge in [-0.2, -0.15) is 0 Å². The Kier molecular flexibility index (Phi) is 36.8. The predicted molar refractivity (Wildman–Crippen MR) is 266 cm³/mol. The smallest absolute Gasteiger partial charge is 0.306 e. The van der Waals surface area contributed by atoms with E-state index in [0.29, 0.717) is 12.8 Å². The number of aliphatic hydroxyl groups excluding tert-OH is 7. The first kappa shape index (κ1) is 62.3. The van der Waals surface area contributed by atoms with Crippen molar-refractivity contribution in [1.29, 1.82) is 0 Å². The van der Waals surface area contributed by atoms with Crippen LogP contribution in [0.1, 0.15) is 174 Å². The normalized spacial score (nSPS) is 26.0. The fourth-order valence-corrected chi connectivity index (χ4v) is 7.90. The maximum absolute atomic E-state index is 13.0. The summed E-state index contributed by atoms with van der Waals surface area (Å²) in [6, 6.07) is 0. The van der Waals surface area contributed by atoms with Gasteiger partial charge in [-0.1, -0.05) is 171 Å². The maximum atomic E-state index is 13.0. The van der Waals surface area contributed by atoms with Crippen LogP contribution in [0.15, 0.2) is 60.8 Å². The number of esters is 2. The minimum absolute atomic E-state index is 0.0936. The van der Waals surface area contributed by atoms with Crippen LogP contribution in [0.5, 0.6) is 0 Å². The molecule has 0 aromatic heterocycles. The lowest BCUT2D eigenvalue weighted by atomic mass is 9.98. The van der Waals surface area contributed by atoms with Gasteiger partial charge in [0.2, 0.25) is 0 Å². The van der Waals surface area contributed by atoms with E-state index in [9.17, 15) is 45.3 Å². The first-order chi connectivity index (χ1) is 33.5. The number of carbonyl (C=O) groups excluding carboxylic acids is 2. The van der Waals surface area contributed by atoms with Gasteiger partial charge in [0.1, 0.15) is 55.4 Å². The second-order valence-electron chi connectivity index (χ2n) is 18.4. The van der Waals surface area contributed by atoms with Crippen LogP contribution in [-0.2, 0) is 38.0 Å². The van der Waals surface area contributed by atoms with Crippen molar-refractivity contribution in [3.05, 3.63) is 60.8 Å². The highest BCUT2D eigenvalue weighted by molar-refractivity contribution is 5.70. The summed E-state index contributed by atoms with van der Waals surface area (Å²) in [5, 5.41) is 72.1. The van der Waals surface area contributed by atoms with Crippen LogP contribution in [0, 0.1) is 0 Å². The minimum Gasteiger partial charge on any atom is -0.462 e. The quantitative estimate of drug-likeness (QED) is 0.0178. The van der Waals surface area contributed by atoms with Crippen molar-refractivity contribution in [3.8, 4) is 0 Å². The van der Waals surface area contributed by atoms with Gasteiger partial charge in [0, 0.05) is 12.8 Å². The van der Waals surface area contributed by atoms with Crippen LogP contribution in [-0.4, -0.2) is 142 Å². The van der Waals surface area contributed by atoms with Gasteiger partial charge in [0.05, 0.1) is 19.8 Å². The average molecular weight is 981 g/mol. The molecule has 0 aromatic carbocycles. The molecule has 2 rings (SSSR count). The molecule has 15 heteroatoms. The molecular weight excluding hydrogens is 889 g/mol. The molecule has 398 valence electrons. The molecule has 0 amide bonds. The highest BCUT2D eigenvalue weighted by atomic mass is 16.7. The molecule has 15 nitrogen and oxygen atoms in total. The highest BCUT2D eigenvalue weighted by Gasteiger charge is 2.47. The fourth-order valence-electron chi connectivity index (χ4n) is 7.90. The van der Waals surface area contributed by atoms with E-state index in [1.807, 2.05) is 12.2 Å². The summed E-state index contributed by atoms with van der Waals surface area (Å²) in [6.07, 6.45) is 29.7. The standard InChI is InChI=1S/C54H92O15/c1-3-5-7-9-11-13-15-17-19-20-21-22-23-25-26-28-30-32-34-36-45(56)64-39-42(67-46(57)37-35-33-31-29-27-24-18-16-14-12-10-8-6-4-2)40-65-53-52(63)50(61)48(59)44(69-53)41-66-54-51(62)49(60)47(58)43(38-55)68-54/h11,13,17,19,21-22,25-26,30,32,42-44,47-55,58-63H,3-10,12,14-16,18,20,23-24,27-29,31,33-41H2,1-2H3/b13-11+,19-17+,22-21+,26-25+,32-30+/t42-,43+,44+,47-,48-,49?,50?,51?,52?,53+,54+/m0/s1. The molecule has 0 aromatic rings. The molecule has 2 aliphatic rings. The molecule has 7 N–H and O–H groups in total. The van der Waals surface area contributed by atoms with Crippen molar-refractivity contribution < 1.29 is 73.8 Å². The Labute approximate surface area is 413 Å². The Morgan fingerprint density at radius 2 is 0.899 bits per heavy atom. The summed E-state index contributed by atoms with van der Waals surface area (Å²) in [4.78, 5) is 25.7. The Hall–Kier alpha value is -2.80. The summed E-state index contributed by atoms with van der Waals surface area (Å²) >= 11 is 0. The SMILES string of the molecule is CCCCC/C=C/C/C=C/C/C=C/C/C=C/C/C=C/CCC(=O)OC[C@@H](CO[C@@H]1O[C@H](CO[C@@H]2O[C@H](CO)[C@H](O)C(O)C2O)[C@H](O)C(O)C1O)OC(=O)CCCCCCCCCCCCCCCC. The molecule has 2 fully saturated rings. The molecule has 0 radical (unpaired) electrons. The molecule has 4 unspecified atom stereocenters. The largest absolute Gasteiger partial charge is 0.462 e. The first-order valence-electron chi connectivity index (χ1n) is 26.4. The monoisotopic (exact) mass is 981 g/mol. The molecule has 11 atom stereocenters. The summed E-state index contributed by atoms with van der Waals surface area (Å²) in [6.45, 7) is 2.48. The van der Waals surface area contributed by atoms with Gasteiger partial charge in [-0.3, -0.25) is 9.59 Å². The Morgan fingerprint density at radius 3 is 1.42 bits per heavy atom. The first-order valence-corrected chi connectivity index (χ1v) is 26.4. The van der Waals surface area contributed by atoms with E-state index in [-0.39, 0.29) is 19.4 Å².